The highest BCUT2D eigenvalue weighted by Crippen LogP contribution is 2.14. The van der Waals surface area contributed by atoms with Gasteiger partial charge in [-0.1, -0.05) is 30.3 Å². The molecule has 3 N–H and O–H groups in total. The lowest BCUT2D eigenvalue weighted by atomic mass is 10.1. The van der Waals surface area contributed by atoms with E-state index in [1.54, 1.807) is 12.7 Å². The van der Waals surface area contributed by atoms with Gasteiger partial charge in [0, 0.05) is 31.7 Å². The van der Waals surface area contributed by atoms with Crippen molar-refractivity contribution in [3.05, 3.63) is 48.5 Å². The zero-order valence-corrected chi connectivity index (χ0v) is 14.9. The van der Waals surface area contributed by atoms with Gasteiger partial charge in [-0.25, -0.2) is 0 Å². The number of likely N-dealkylation sites (tertiary alicyclic amines) is 1. The molecule has 0 saturated carbocycles. The molecule has 2 aliphatic rings. The maximum absolute atomic E-state index is 5.94. The standard InChI is InChI=1S/C12H18N2.C7H12N4/c13-12-7-4-8-14(10-12)9-11-5-2-1-3-6-11;1-2-7(4-8-3-1)11-5-9-10-6-11/h1-3,5-6,12H,4,7-10,13H2;5-8H,1-4H2. The maximum atomic E-state index is 5.94. The highest BCUT2D eigenvalue weighted by Gasteiger charge is 2.16. The van der Waals surface area contributed by atoms with Crippen LogP contribution in [0.15, 0.2) is 43.0 Å². The lowest BCUT2D eigenvalue weighted by molar-refractivity contribution is 0.201. The van der Waals surface area contributed by atoms with Crippen LogP contribution in [-0.2, 0) is 6.54 Å². The van der Waals surface area contributed by atoms with Crippen LogP contribution in [0.4, 0.5) is 0 Å². The molecule has 0 radical (unpaired) electrons. The fraction of sp³-hybridized carbons (Fsp3) is 0.579. The third-order valence-electron chi connectivity index (χ3n) is 4.92. The summed E-state index contributed by atoms with van der Waals surface area (Å²) >= 11 is 0. The summed E-state index contributed by atoms with van der Waals surface area (Å²) in [7, 11) is 0. The Kier molecular flexibility index (Phi) is 6.97. The lowest BCUT2D eigenvalue weighted by Crippen LogP contribution is -2.42. The molecular formula is C19H30N6. The van der Waals surface area contributed by atoms with Crippen LogP contribution in [0.2, 0.25) is 0 Å². The first kappa shape index (κ1) is 18.0. The summed E-state index contributed by atoms with van der Waals surface area (Å²) in [6, 6.07) is 11.6. The summed E-state index contributed by atoms with van der Waals surface area (Å²) in [4.78, 5) is 2.45. The van der Waals surface area contributed by atoms with Gasteiger partial charge in [0.05, 0.1) is 0 Å². The SMILES string of the molecule is NC1CCCN(Cc2ccccc2)C1.c1nncn1C1CCCNC1. The van der Waals surface area contributed by atoms with Crippen molar-refractivity contribution in [2.24, 2.45) is 5.73 Å². The minimum Gasteiger partial charge on any atom is -0.327 e. The smallest absolute Gasteiger partial charge is 0.119 e. The zero-order chi connectivity index (χ0) is 17.3. The van der Waals surface area contributed by atoms with Crippen LogP contribution < -0.4 is 11.1 Å². The highest BCUT2D eigenvalue weighted by molar-refractivity contribution is 5.14. The van der Waals surface area contributed by atoms with Gasteiger partial charge in [0.1, 0.15) is 12.7 Å². The van der Waals surface area contributed by atoms with Gasteiger partial charge in [0.25, 0.3) is 0 Å². The second-order valence-corrected chi connectivity index (χ2v) is 7.03. The van der Waals surface area contributed by atoms with Crippen molar-refractivity contribution in [3.8, 4) is 0 Å². The molecule has 0 aliphatic carbocycles. The van der Waals surface area contributed by atoms with E-state index in [1.807, 2.05) is 0 Å². The Labute approximate surface area is 150 Å². The molecule has 2 fully saturated rings. The number of nitrogens with two attached hydrogens (primary N) is 1. The molecule has 1 aromatic heterocycles. The van der Waals surface area contributed by atoms with Crippen molar-refractivity contribution in [1.29, 1.82) is 0 Å². The van der Waals surface area contributed by atoms with Crippen molar-refractivity contribution in [2.75, 3.05) is 26.2 Å². The summed E-state index contributed by atoms with van der Waals surface area (Å²) in [6.07, 6.45) is 8.50. The molecule has 2 unspecified atom stereocenters. The van der Waals surface area contributed by atoms with Crippen LogP contribution in [0, 0.1) is 0 Å². The molecule has 2 aliphatic heterocycles. The van der Waals surface area contributed by atoms with E-state index >= 15 is 0 Å². The molecule has 2 atom stereocenters. The average Bonchev–Trinajstić information content (AvgIpc) is 3.19. The first-order valence-electron chi connectivity index (χ1n) is 9.38. The van der Waals surface area contributed by atoms with E-state index in [1.165, 1.54) is 37.8 Å². The molecule has 0 spiro atoms. The predicted molar refractivity (Wildman–Crippen MR) is 100 cm³/mol. The molecule has 6 nitrogen and oxygen atoms in total. The zero-order valence-electron chi connectivity index (χ0n) is 14.9. The van der Waals surface area contributed by atoms with Crippen LogP contribution in [0.3, 0.4) is 0 Å². The molecule has 3 heterocycles. The van der Waals surface area contributed by atoms with Gasteiger partial charge in [-0.2, -0.15) is 0 Å². The van der Waals surface area contributed by atoms with Gasteiger partial charge in [-0.15, -0.1) is 10.2 Å². The van der Waals surface area contributed by atoms with Gasteiger partial charge in [0.2, 0.25) is 0 Å². The van der Waals surface area contributed by atoms with Crippen molar-refractivity contribution >= 4 is 0 Å². The van der Waals surface area contributed by atoms with E-state index in [0.29, 0.717) is 12.1 Å². The Morgan fingerprint density at radius 2 is 1.88 bits per heavy atom. The summed E-state index contributed by atoms with van der Waals surface area (Å²) in [5.74, 6) is 0. The van der Waals surface area contributed by atoms with Crippen LogP contribution >= 0.6 is 0 Å². The fourth-order valence-electron chi connectivity index (χ4n) is 3.56. The van der Waals surface area contributed by atoms with Crippen LogP contribution in [0.5, 0.6) is 0 Å². The first-order valence-corrected chi connectivity index (χ1v) is 9.38. The molecular weight excluding hydrogens is 312 g/mol. The number of benzene rings is 1. The minimum absolute atomic E-state index is 0.382. The van der Waals surface area contributed by atoms with Gasteiger partial charge in [-0.05, 0) is 44.3 Å². The Morgan fingerprint density at radius 3 is 2.56 bits per heavy atom. The first-order chi connectivity index (χ1) is 12.3. The molecule has 2 aromatic rings. The summed E-state index contributed by atoms with van der Waals surface area (Å²) in [5.41, 5.74) is 7.33. The van der Waals surface area contributed by atoms with Crippen molar-refractivity contribution in [3.63, 3.8) is 0 Å². The van der Waals surface area contributed by atoms with Crippen molar-refractivity contribution in [1.82, 2.24) is 25.0 Å². The van der Waals surface area contributed by atoms with Crippen LogP contribution in [0.25, 0.3) is 0 Å². The maximum Gasteiger partial charge on any atom is 0.119 e. The summed E-state index contributed by atoms with van der Waals surface area (Å²) in [5, 5.41) is 10.9. The second-order valence-electron chi connectivity index (χ2n) is 7.03. The minimum atomic E-state index is 0.382. The summed E-state index contributed by atoms with van der Waals surface area (Å²) < 4.78 is 2.08. The average molecular weight is 342 g/mol. The number of aromatic nitrogens is 3. The number of hydrogen-bond donors (Lipinski definition) is 2. The summed E-state index contributed by atoms with van der Waals surface area (Å²) in [6.45, 7) is 5.50. The fourth-order valence-corrected chi connectivity index (χ4v) is 3.56. The Hall–Kier alpha value is -1.76. The quantitative estimate of drug-likeness (QED) is 0.890. The number of nitrogens with zero attached hydrogens (tertiary/aromatic N) is 4. The monoisotopic (exact) mass is 342 g/mol. The molecule has 2 saturated heterocycles. The molecule has 0 amide bonds. The van der Waals surface area contributed by atoms with Crippen molar-refractivity contribution < 1.29 is 0 Å². The van der Waals surface area contributed by atoms with E-state index in [-0.39, 0.29) is 0 Å². The van der Waals surface area contributed by atoms with E-state index < -0.39 is 0 Å². The van der Waals surface area contributed by atoms with Crippen molar-refractivity contribution in [2.45, 2.75) is 44.3 Å². The predicted octanol–water partition coefficient (Wildman–Crippen LogP) is 1.81. The normalized spacial score (nSPS) is 24.4. The Balaban J connectivity index is 0.000000150. The van der Waals surface area contributed by atoms with Gasteiger partial charge in [0.15, 0.2) is 0 Å². The van der Waals surface area contributed by atoms with E-state index in [4.69, 9.17) is 5.73 Å². The molecule has 6 heteroatoms. The van der Waals surface area contributed by atoms with Gasteiger partial charge >= 0.3 is 0 Å². The second kappa shape index (κ2) is 9.65. The Morgan fingerprint density at radius 1 is 1.08 bits per heavy atom. The lowest BCUT2D eigenvalue weighted by Gasteiger charge is -2.30. The number of piperidine rings is 2. The highest BCUT2D eigenvalue weighted by atomic mass is 15.2. The topological polar surface area (TPSA) is 72.0 Å². The number of hydrogen-bond acceptors (Lipinski definition) is 5. The number of rotatable bonds is 3. The molecule has 1 aromatic carbocycles. The van der Waals surface area contributed by atoms with Crippen LogP contribution in [0.1, 0.15) is 37.3 Å². The molecule has 25 heavy (non-hydrogen) atoms. The number of nitrogens with one attached hydrogen (secondary N) is 1. The molecule has 4 rings (SSSR count). The van der Waals surface area contributed by atoms with Crippen LogP contribution in [-0.4, -0.2) is 51.9 Å². The van der Waals surface area contributed by atoms with E-state index in [9.17, 15) is 0 Å². The van der Waals surface area contributed by atoms with E-state index in [0.717, 1.165) is 26.2 Å². The largest absolute Gasteiger partial charge is 0.327 e. The van der Waals surface area contributed by atoms with Gasteiger partial charge < -0.3 is 15.6 Å². The van der Waals surface area contributed by atoms with Gasteiger partial charge in [-0.3, -0.25) is 4.90 Å². The third-order valence-corrected chi connectivity index (χ3v) is 4.92. The molecule has 136 valence electrons. The van der Waals surface area contributed by atoms with E-state index in [2.05, 4.69) is 55.3 Å². The molecule has 0 bridgehead atoms. The Bertz CT molecular complexity index is 579. The third kappa shape index (κ3) is 5.92.